The SMILES string of the molecule is Cc1ccc(-c2nnc(NC(=O)c3ccc(Br)cc3)o2)cc1C. The molecular formula is C17H14BrN3O2. The van der Waals surface area contributed by atoms with Crippen LogP contribution in [0.5, 0.6) is 0 Å². The van der Waals surface area contributed by atoms with Gasteiger partial charge in [0.2, 0.25) is 5.89 Å². The molecule has 3 aromatic rings. The molecule has 116 valence electrons. The van der Waals surface area contributed by atoms with E-state index < -0.39 is 0 Å². The Morgan fingerprint density at radius 1 is 1.04 bits per heavy atom. The summed E-state index contributed by atoms with van der Waals surface area (Å²) < 4.78 is 6.42. The molecule has 0 spiro atoms. The minimum atomic E-state index is -0.298. The Hall–Kier alpha value is -2.47. The molecule has 1 aromatic heterocycles. The monoisotopic (exact) mass is 371 g/mol. The highest BCUT2D eigenvalue weighted by Gasteiger charge is 2.13. The second-order valence-corrected chi connectivity index (χ2v) is 6.09. The van der Waals surface area contributed by atoms with E-state index in [1.807, 2.05) is 32.0 Å². The van der Waals surface area contributed by atoms with E-state index >= 15 is 0 Å². The molecule has 1 heterocycles. The molecule has 0 aliphatic carbocycles. The predicted molar refractivity (Wildman–Crippen MR) is 91.3 cm³/mol. The molecule has 5 nitrogen and oxygen atoms in total. The van der Waals surface area contributed by atoms with Crippen LogP contribution in [0.1, 0.15) is 21.5 Å². The Kier molecular flexibility index (Phi) is 4.25. The fourth-order valence-corrected chi connectivity index (χ4v) is 2.30. The molecule has 1 amide bonds. The van der Waals surface area contributed by atoms with E-state index in [1.54, 1.807) is 24.3 Å². The fraction of sp³-hybridized carbons (Fsp3) is 0.118. The van der Waals surface area contributed by atoms with Crippen molar-refractivity contribution in [3.05, 3.63) is 63.6 Å². The van der Waals surface area contributed by atoms with Gasteiger partial charge in [-0.25, -0.2) is 0 Å². The van der Waals surface area contributed by atoms with Gasteiger partial charge < -0.3 is 4.42 Å². The molecule has 0 bridgehead atoms. The average molecular weight is 372 g/mol. The zero-order valence-corrected chi connectivity index (χ0v) is 14.2. The highest BCUT2D eigenvalue weighted by molar-refractivity contribution is 9.10. The number of halogens is 1. The average Bonchev–Trinajstić information content (AvgIpc) is 2.99. The quantitative estimate of drug-likeness (QED) is 0.742. The Morgan fingerprint density at radius 2 is 1.78 bits per heavy atom. The molecular weight excluding hydrogens is 358 g/mol. The molecule has 0 saturated carbocycles. The van der Waals surface area contributed by atoms with Gasteiger partial charge in [-0.3, -0.25) is 10.1 Å². The molecule has 0 aliphatic rings. The van der Waals surface area contributed by atoms with E-state index in [0.717, 1.165) is 15.6 Å². The highest BCUT2D eigenvalue weighted by atomic mass is 79.9. The lowest BCUT2D eigenvalue weighted by molar-refractivity contribution is 0.102. The molecule has 0 atom stereocenters. The maximum atomic E-state index is 12.1. The number of amides is 1. The number of anilines is 1. The van der Waals surface area contributed by atoms with Crippen LogP contribution < -0.4 is 5.32 Å². The zero-order valence-electron chi connectivity index (χ0n) is 12.6. The van der Waals surface area contributed by atoms with Gasteiger partial charge in [0.1, 0.15) is 0 Å². The minimum absolute atomic E-state index is 0.0751. The van der Waals surface area contributed by atoms with E-state index in [4.69, 9.17) is 4.42 Å². The summed E-state index contributed by atoms with van der Waals surface area (Å²) in [5.41, 5.74) is 3.67. The molecule has 1 N–H and O–H groups in total. The minimum Gasteiger partial charge on any atom is -0.403 e. The van der Waals surface area contributed by atoms with Gasteiger partial charge in [0, 0.05) is 15.6 Å². The lowest BCUT2D eigenvalue weighted by Crippen LogP contribution is -2.11. The second-order valence-electron chi connectivity index (χ2n) is 5.17. The standard InChI is InChI=1S/C17H14BrN3O2/c1-10-3-4-13(9-11(10)2)16-20-21-17(23-16)19-15(22)12-5-7-14(18)8-6-12/h3-9H,1-2H3,(H,19,21,22). The number of hydrogen-bond donors (Lipinski definition) is 1. The van der Waals surface area contributed by atoms with E-state index in [1.165, 1.54) is 5.56 Å². The molecule has 0 aliphatic heterocycles. The van der Waals surface area contributed by atoms with Crippen molar-refractivity contribution >= 4 is 27.9 Å². The van der Waals surface area contributed by atoms with Crippen LogP contribution in [0.25, 0.3) is 11.5 Å². The first-order valence-electron chi connectivity index (χ1n) is 7.01. The first kappa shape index (κ1) is 15.4. The largest absolute Gasteiger partial charge is 0.403 e. The van der Waals surface area contributed by atoms with E-state index in [-0.39, 0.29) is 11.9 Å². The maximum absolute atomic E-state index is 12.1. The number of hydrogen-bond acceptors (Lipinski definition) is 4. The third-order valence-electron chi connectivity index (χ3n) is 3.51. The third-order valence-corrected chi connectivity index (χ3v) is 4.03. The molecule has 0 fully saturated rings. The predicted octanol–water partition coefficient (Wildman–Crippen LogP) is 4.37. The molecule has 6 heteroatoms. The zero-order chi connectivity index (χ0) is 16.4. The lowest BCUT2D eigenvalue weighted by atomic mass is 10.1. The number of carbonyl (C=O) groups excluding carboxylic acids is 1. The van der Waals surface area contributed by atoms with E-state index in [2.05, 4.69) is 31.4 Å². The number of nitrogens with one attached hydrogen (secondary N) is 1. The first-order chi connectivity index (χ1) is 11.0. The summed E-state index contributed by atoms with van der Waals surface area (Å²) in [6, 6.07) is 13.0. The summed E-state index contributed by atoms with van der Waals surface area (Å²) in [7, 11) is 0. The Labute approximate surface area is 141 Å². The number of rotatable bonds is 3. The van der Waals surface area contributed by atoms with Crippen molar-refractivity contribution in [3.63, 3.8) is 0 Å². The molecule has 0 saturated heterocycles. The van der Waals surface area contributed by atoms with Crippen molar-refractivity contribution in [2.75, 3.05) is 5.32 Å². The van der Waals surface area contributed by atoms with E-state index in [9.17, 15) is 4.79 Å². The van der Waals surface area contributed by atoms with Gasteiger partial charge in [-0.1, -0.05) is 27.1 Å². The van der Waals surface area contributed by atoms with Gasteiger partial charge in [-0.15, -0.1) is 5.10 Å². The van der Waals surface area contributed by atoms with Crippen LogP contribution in [0.2, 0.25) is 0 Å². The third kappa shape index (κ3) is 3.48. The Bertz CT molecular complexity index is 857. The summed E-state index contributed by atoms with van der Waals surface area (Å²) >= 11 is 3.33. The Balaban J connectivity index is 1.77. The first-order valence-corrected chi connectivity index (χ1v) is 7.80. The van der Waals surface area contributed by atoms with Crippen LogP contribution in [0.15, 0.2) is 51.4 Å². The molecule has 0 radical (unpaired) electrons. The summed E-state index contributed by atoms with van der Waals surface area (Å²) in [5.74, 6) is 0.0759. The van der Waals surface area contributed by atoms with Crippen molar-refractivity contribution in [2.45, 2.75) is 13.8 Å². The fourth-order valence-electron chi connectivity index (χ4n) is 2.04. The van der Waals surface area contributed by atoms with Gasteiger partial charge in [-0.05, 0) is 61.4 Å². The Morgan fingerprint density at radius 3 is 2.48 bits per heavy atom. The van der Waals surface area contributed by atoms with Crippen LogP contribution in [0.4, 0.5) is 6.01 Å². The number of aryl methyl sites for hydroxylation is 2. The number of benzene rings is 2. The summed E-state index contributed by atoms with van der Waals surface area (Å²) in [4.78, 5) is 12.1. The van der Waals surface area contributed by atoms with Gasteiger partial charge in [0.05, 0.1) is 0 Å². The second kappa shape index (κ2) is 6.34. The molecule has 3 rings (SSSR count). The number of carbonyl (C=O) groups is 1. The van der Waals surface area contributed by atoms with Crippen molar-refractivity contribution < 1.29 is 9.21 Å². The van der Waals surface area contributed by atoms with Crippen LogP contribution in [-0.2, 0) is 0 Å². The lowest BCUT2D eigenvalue weighted by Gasteiger charge is -2.02. The highest BCUT2D eigenvalue weighted by Crippen LogP contribution is 2.22. The maximum Gasteiger partial charge on any atom is 0.322 e. The number of nitrogens with zero attached hydrogens (tertiary/aromatic N) is 2. The topological polar surface area (TPSA) is 68.0 Å². The van der Waals surface area contributed by atoms with Crippen molar-refractivity contribution in [1.82, 2.24) is 10.2 Å². The van der Waals surface area contributed by atoms with Crippen molar-refractivity contribution in [1.29, 1.82) is 0 Å². The van der Waals surface area contributed by atoms with Gasteiger partial charge in [-0.2, -0.15) is 0 Å². The van der Waals surface area contributed by atoms with Crippen molar-refractivity contribution in [2.24, 2.45) is 0 Å². The summed E-state index contributed by atoms with van der Waals surface area (Å²) in [5, 5.41) is 10.4. The summed E-state index contributed by atoms with van der Waals surface area (Å²) in [6.45, 7) is 4.06. The molecule has 0 unspecified atom stereocenters. The van der Waals surface area contributed by atoms with Crippen LogP contribution in [-0.4, -0.2) is 16.1 Å². The molecule has 23 heavy (non-hydrogen) atoms. The van der Waals surface area contributed by atoms with Crippen LogP contribution in [0, 0.1) is 13.8 Å². The molecule has 2 aromatic carbocycles. The van der Waals surface area contributed by atoms with Gasteiger partial charge >= 0.3 is 6.01 Å². The van der Waals surface area contributed by atoms with Gasteiger partial charge in [0.25, 0.3) is 5.91 Å². The van der Waals surface area contributed by atoms with Gasteiger partial charge in [0.15, 0.2) is 0 Å². The van der Waals surface area contributed by atoms with Crippen LogP contribution in [0.3, 0.4) is 0 Å². The summed E-state index contributed by atoms with van der Waals surface area (Å²) in [6.07, 6.45) is 0. The number of aromatic nitrogens is 2. The van der Waals surface area contributed by atoms with Crippen LogP contribution >= 0.6 is 15.9 Å². The van der Waals surface area contributed by atoms with Crippen molar-refractivity contribution in [3.8, 4) is 11.5 Å². The van der Waals surface area contributed by atoms with E-state index in [0.29, 0.717) is 11.5 Å². The smallest absolute Gasteiger partial charge is 0.322 e. The normalized spacial score (nSPS) is 10.6.